The van der Waals surface area contributed by atoms with E-state index in [4.69, 9.17) is 0 Å². The minimum atomic E-state index is -0.332. The van der Waals surface area contributed by atoms with Crippen LogP contribution in [0.15, 0.2) is 18.2 Å². The van der Waals surface area contributed by atoms with Crippen LogP contribution in [-0.2, 0) is 4.79 Å². The van der Waals surface area contributed by atoms with Gasteiger partial charge in [-0.2, -0.15) is 0 Å². The number of H-pyrrole nitrogens is 1. The number of fused-ring (bicyclic) bond motifs is 1. The molecule has 7 heteroatoms. The quantitative estimate of drug-likeness (QED) is 0.829. The van der Waals surface area contributed by atoms with Crippen molar-refractivity contribution in [3.8, 4) is 0 Å². The second kappa shape index (κ2) is 7.78. The Balaban J connectivity index is 1.43. The third-order valence-corrected chi connectivity index (χ3v) is 6.45. The second-order valence-electron chi connectivity index (χ2n) is 8.63. The van der Waals surface area contributed by atoms with Crippen LogP contribution in [0.5, 0.6) is 0 Å². The molecule has 156 valence electrons. The molecule has 1 aliphatic heterocycles. The number of likely N-dealkylation sites (N-methyl/N-ethyl adjacent to an activating group) is 1. The van der Waals surface area contributed by atoms with Gasteiger partial charge in [0.05, 0.1) is 11.6 Å². The molecule has 29 heavy (non-hydrogen) atoms. The number of rotatable bonds is 4. The average Bonchev–Trinajstić information content (AvgIpc) is 3.30. The fourth-order valence-electron chi connectivity index (χ4n) is 4.82. The zero-order chi connectivity index (χ0) is 20.7. The fourth-order valence-corrected chi connectivity index (χ4v) is 4.82. The Labute approximate surface area is 170 Å². The molecule has 4 rings (SSSR count). The van der Waals surface area contributed by atoms with Gasteiger partial charge in [-0.25, -0.2) is 4.39 Å². The van der Waals surface area contributed by atoms with Gasteiger partial charge in [0.15, 0.2) is 0 Å². The standard InChI is InChI=1S/C22H29FN4O2/c1-13-7-8-17(23)16-12-18(25-20(13)16)21(28)24-14-5-4-6-15(11-14)27-10-9-19(22(27)29)26(2)3/h7-8,12,14-15,19,25H,4-6,9-11H2,1-3H3,(H,24,28)/t14-,15+,19?/m1/s1. The van der Waals surface area contributed by atoms with Gasteiger partial charge in [0.25, 0.3) is 5.91 Å². The van der Waals surface area contributed by atoms with Crippen LogP contribution in [0.4, 0.5) is 4.39 Å². The number of carbonyl (C=O) groups is 2. The van der Waals surface area contributed by atoms with E-state index < -0.39 is 0 Å². The summed E-state index contributed by atoms with van der Waals surface area (Å²) in [5.74, 6) is -0.347. The third kappa shape index (κ3) is 3.75. The van der Waals surface area contributed by atoms with E-state index in [9.17, 15) is 14.0 Å². The maximum Gasteiger partial charge on any atom is 0.267 e. The van der Waals surface area contributed by atoms with Crippen LogP contribution in [0, 0.1) is 12.7 Å². The number of aromatic amines is 1. The summed E-state index contributed by atoms with van der Waals surface area (Å²) in [7, 11) is 3.89. The van der Waals surface area contributed by atoms with E-state index in [-0.39, 0.29) is 35.8 Å². The van der Waals surface area contributed by atoms with Gasteiger partial charge in [0.1, 0.15) is 11.5 Å². The molecule has 3 atom stereocenters. The Kier molecular flexibility index (Phi) is 5.34. The first-order valence-electron chi connectivity index (χ1n) is 10.4. The largest absolute Gasteiger partial charge is 0.350 e. The SMILES string of the molecule is Cc1ccc(F)c2cc(C(=O)N[C@@H]3CCC[C@H](N4CCC(N(C)C)C4=O)C3)[nH]c12. The summed E-state index contributed by atoms with van der Waals surface area (Å²) >= 11 is 0. The van der Waals surface area contributed by atoms with Gasteiger partial charge in [-0.15, -0.1) is 0 Å². The Morgan fingerprint density at radius 1 is 1.28 bits per heavy atom. The van der Waals surface area contributed by atoms with Crippen molar-refractivity contribution >= 4 is 22.7 Å². The molecule has 0 spiro atoms. The Morgan fingerprint density at radius 3 is 2.76 bits per heavy atom. The van der Waals surface area contributed by atoms with Gasteiger partial charge in [0, 0.05) is 24.0 Å². The summed E-state index contributed by atoms with van der Waals surface area (Å²) in [6.07, 6.45) is 4.49. The van der Waals surface area contributed by atoms with E-state index in [2.05, 4.69) is 10.3 Å². The molecule has 1 saturated heterocycles. The van der Waals surface area contributed by atoms with Crippen molar-refractivity contribution in [2.75, 3.05) is 20.6 Å². The van der Waals surface area contributed by atoms with Gasteiger partial charge in [-0.05, 0) is 70.8 Å². The fraction of sp³-hybridized carbons (Fsp3) is 0.545. The average molecular weight is 400 g/mol. The molecule has 2 heterocycles. The second-order valence-corrected chi connectivity index (χ2v) is 8.63. The number of aromatic nitrogens is 1. The van der Waals surface area contributed by atoms with Crippen molar-refractivity contribution < 1.29 is 14.0 Å². The van der Waals surface area contributed by atoms with Crippen molar-refractivity contribution in [3.05, 3.63) is 35.3 Å². The van der Waals surface area contributed by atoms with Crippen LogP contribution in [0.3, 0.4) is 0 Å². The Bertz CT molecular complexity index is 899. The number of halogens is 1. The molecular formula is C22H29FN4O2. The normalized spacial score (nSPS) is 25.2. The summed E-state index contributed by atoms with van der Waals surface area (Å²) < 4.78 is 14.1. The molecule has 1 aromatic carbocycles. The van der Waals surface area contributed by atoms with E-state index >= 15 is 0 Å². The zero-order valence-electron chi connectivity index (χ0n) is 17.3. The van der Waals surface area contributed by atoms with Crippen LogP contribution in [-0.4, -0.2) is 65.4 Å². The van der Waals surface area contributed by atoms with E-state index in [1.807, 2.05) is 30.8 Å². The summed E-state index contributed by atoms with van der Waals surface area (Å²) in [6.45, 7) is 2.67. The summed E-state index contributed by atoms with van der Waals surface area (Å²) in [4.78, 5) is 32.6. The Hall–Kier alpha value is -2.41. The zero-order valence-corrected chi connectivity index (χ0v) is 17.3. The highest BCUT2D eigenvalue weighted by Gasteiger charge is 2.39. The minimum Gasteiger partial charge on any atom is -0.350 e. The lowest BCUT2D eigenvalue weighted by Crippen LogP contribution is -2.48. The number of hydrogen-bond acceptors (Lipinski definition) is 3. The molecule has 2 amide bonds. The van der Waals surface area contributed by atoms with Crippen molar-refractivity contribution in [1.82, 2.24) is 20.1 Å². The molecule has 6 nitrogen and oxygen atoms in total. The third-order valence-electron chi connectivity index (χ3n) is 6.45. The molecule has 1 aliphatic carbocycles. The molecule has 2 fully saturated rings. The Morgan fingerprint density at radius 2 is 2.07 bits per heavy atom. The van der Waals surface area contributed by atoms with E-state index in [0.717, 1.165) is 44.2 Å². The number of benzene rings is 1. The number of amides is 2. The number of nitrogens with one attached hydrogen (secondary N) is 2. The first-order chi connectivity index (χ1) is 13.8. The van der Waals surface area contributed by atoms with Crippen molar-refractivity contribution in [2.24, 2.45) is 0 Å². The first-order valence-corrected chi connectivity index (χ1v) is 10.4. The van der Waals surface area contributed by atoms with Gasteiger partial charge in [0.2, 0.25) is 5.91 Å². The monoisotopic (exact) mass is 400 g/mol. The molecule has 0 bridgehead atoms. The van der Waals surface area contributed by atoms with Crippen LogP contribution in [0.1, 0.15) is 48.2 Å². The summed E-state index contributed by atoms with van der Waals surface area (Å²) in [5.41, 5.74) is 1.94. The highest BCUT2D eigenvalue weighted by atomic mass is 19.1. The predicted octanol–water partition coefficient (Wildman–Crippen LogP) is 2.82. The van der Waals surface area contributed by atoms with Gasteiger partial charge >= 0.3 is 0 Å². The molecule has 2 aromatic rings. The van der Waals surface area contributed by atoms with Gasteiger partial charge in [-0.3, -0.25) is 14.5 Å². The molecule has 2 N–H and O–H groups in total. The molecule has 1 saturated carbocycles. The maximum absolute atomic E-state index is 14.1. The van der Waals surface area contributed by atoms with E-state index in [0.29, 0.717) is 16.6 Å². The number of hydrogen-bond donors (Lipinski definition) is 2. The topological polar surface area (TPSA) is 68.4 Å². The van der Waals surface area contributed by atoms with Crippen molar-refractivity contribution in [2.45, 2.75) is 57.2 Å². The lowest BCUT2D eigenvalue weighted by Gasteiger charge is -2.36. The molecular weight excluding hydrogens is 371 g/mol. The molecule has 1 unspecified atom stereocenters. The van der Waals surface area contributed by atoms with Crippen LogP contribution >= 0.6 is 0 Å². The lowest BCUT2D eigenvalue weighted by atomic mass is 9.90. The number of likely N-dealkylation sites (tertiary alicyclic amines) is 1. The molecule has 2 aliphatic rings. The highest BCUT2D eigenvalue weighted by Crippen LogP contribution is 2.28. The van der Waals surface area contributed by atoms with Crippen LogP contribution in [0.2, 0.25) is 0 Å². The first kappa shape index (κ1) is 19.9. The predicted molar refractivity (Wildman–Crippen MR) is 110 cm³/mol. The van der Waals surface area contributed by atoms with Gasteiger partial charge < -0.3 is 15.2 Å². The summed E-state index contributed by atoms with van der Waals surface area (Å²) in [5, 5.41) is 3.54. The highest BCUT2D eigenvalue weighted by molar-refractivity contribution is 5.99. The summed E-state index contributed by atoms with van der Waals surface area (Å²) in [6, 6.07) is 4.87. The number of aryl methyl sites for hydroxylation is 1. The lowest BCUT2D eigenvalue weighted by molar-refractivity contribution is -0.134. The van der Waals surface area contributed by atoms with Crippen molar-refractivity contribution in [1.29, 1.82) is 0 Å². The maximum atomic E-state index is 14.1. The van der Waals surface area contributed by atoms with Gasteiger partial charge in [-0.1, -0.05) is 6.07 Å². The smallest absolute Gasteiger partial charge is 0.267 e. The van der Waals surface area contributed by atoms with Crippen LogP contribution < -0.4 is 5.32 Å². The van der Waals surface area contributed by atoms with Crippen molar-refractivity contribution in [3.63, 3.8) is 0 Å². The van der Waals surface area contributed by atoms with E-state index in [1.54, 1.807) is 12.1 Å². The molecule has 0 radical (unpaired) electrons. The number of carbonyl (C=O) groups excluding carboxylic acids is 2. The van der Waals surface area contributed by atoms with Crippen LogP contribution in [0.25, 0.3) is 10.9 Å². The number of nitrogens with zero attached hydrogens (tertiary/aromatic N) is 2. The minimum absolute atomic E-state index is 0.0183. The van der Waals surface area contributed by atoms with E-state index in [1.165, 1.54) is 6.07 Å². The molecule has 1 aromatic heterocycles.